The van der Waals surface area contributed by atoms with Gasteiger partial charge >= 0.3 is 0 Å². The van der Waals surface area contributed by atoms with Crippen LogP contribution < -0.4 is 16.0 Å². The van der Waals surface area contributed by atoms with Gasteiger partial charge in [0.05, 0.1) is 5.75 Å². The topological polar surface area (TPSA) is 87.3 Å². The van der Waals surface area contributed by atoms with Crippen molar-refractivity contribution in [2.24, 2.45) is 0 Å². The predicted molar refractivity (Wildman–Crippen MR) is 159 cm³/mol. The third-order valence-corrected chi connectivity index (χ3v) is 6.89. The van der Waals surface area contributed by atoms with Crippen LogP contribution in [0.4, 0.5) is 11.4 Å². The Hall–Kier alpha value is -4.62. The van der Waals surface area contributed by atoms with Gasteiger partial charge in [-0.05, 0) is 79.1 Å². The fourth-order valence-corrected chi connectivity index (χ4v) is 4.44. The van der Waals surface area contributed by atoms with E-state index in [1.807, 2.05) is 80.6 Å². The lowest BCUT2D eigenvalue weighted by Crippen LogP contribution is -2.30. The number of nitrogens with one attached hydrogen (secondary N) is 3. The van der Waals surface area contributed by atoms with Crippen LogP contribution in [0.15, 0.2) is 114 Å². The molecule has 0 unspecified atom stereocenters. The van der Waals surface area contributed by atoms with E-state index in [1.54, 1.807) is 42.5 Å². The summed E-state index contributed by atoms with van der Waals surface area (Å²) >= 11 is 1.37. The van der Waals surface area contributed by atoms with Gasteiger partial charge in [0.1, 0.15) is 5.70 Å². The molecule has 0 saturated carbocycles. The number of benzene rings is 4. The molecule has 4 aromatic rings. The molecule has 39 heavy (non-hydrogen) atoms. The van der Waals surface area contributed by atoms with Crippen molar-refractivity contribution in [1.29, 1.82) is 0 Å². The predicted octanol–water partition coefficient (Wildman–Crippen LogP) is 6.44. The summed E-state index contributed by atoms with van der Waals surface area (Å²) in [4.78, 5) is 39.4. The minimum atomic E-state index is -0.460. The average Bonchev–Trinajstić information content (AvgIpc) is 2.95. The Morgan fingerprint density at radius 3 is 2.13 bits per heavy atom. The molecule has 0 spiro atoms. The summed E-state index contributed by atoms with van der Waals surface area (Å²) in [5.41, 5.74) is 4.93. The van der Waals surface area contributed by atoms with E-state index in [1.165, 1.54) is 17.3 Å². The van der Waals surface area contributed by atoms with Gasteiger partial charge in [0.25, 0.3) is 11.8 Å². The number of anilines is 2. The Morgan fingerprint density at radius 1 is 0.718 bits per heavy atom. The van der Waals surface area contributed by atoms with E-state index >= 15 is 0 Å². The van der Waals surface area contributed by atoms with Crippen molar-refractivity contribution in [3.63, 3.8) is 0 Å². The molecule has 0 fully saturated rings. The lowest BCUT2D eigenvalue weighted by molar-refractivity contribution is -0.114. The van der Waals surface area contributed by atoms with Crippen molar-refractivity contribution in [3.05, 3.63) is 131 Å². The van der Waals surface area contributed by atoms with Gasteiger partial charge in [0.2, 0.25) is 5.91 Å². The molecule has 4 rings (SSSR count). The lowest BCUT2D eigenvalue weighted by Gasteiger charge is -2.12. The van der Waals surface area contributed by atoms with Gasteiger partial charge in [-0.15, -0.1) is 11.8 Å². The number of hydrogen-bond donors (Lipinski definition) is 3. The maximum Gasteiger partial charge on any atom is 0.272 e. The van der Waals surface area contributed by atoms with Crippen LogP contribution in [0.3, 0.4) is 0 Å². The smallest absolute Gasteiger partial charge is 0.272 e. The maximum absolute atomic E-state index is 13.3. The highest BCUT2D eigenvalue weighted by molar-refractivity contribution is 8.00. The molecule has 0 aliphatic heterocycles. The molecular formula is C32H29N3O3S. The van der Waals surface area contributed by atoms with Crippen molar-refractivity contribution in [2.45, 2.75) is 18.7 Å². The van der Waals surface area contributed by atoms with Gasteiger partial charge in [-0.3, -0.25) is 14.4 Å². The highest BCUT2D eigenvalue weighted by Crippen LogP contribution is 2.23. The summed E-state index contributed by atoms with van der Waals surface area (Å²) in [6, 6.07) is 31.1. The lowest BCUT2D eigenvalue weighted by atomic mass is 10.1. The normalized spacial score (nSPS) is 11.0. The van der Waals surface area contributed by atoms with Crippen LogP contribution in [-0.4, -0.2) is 23.5 Å². The molecular weight excluding hydrogens is 506 g/mol. The molecule has 7 heteroatoms. The SMILES string of the molecule is Cc1ccc(NC(=O)CSc2cccc(NC(=O)/C(=C/c3ccccc3)NC(=O)c3ccccc3)c2)cc1C. The molecule has 0 aliphatic rings. The van der Waals surface area contributed by atoms with E-state index in [4.69, 9.17) is 0 Å². The van der Waals surface area contributed by atoms with Crippen molar-refractivity contribution in [2.75, 3.05) is 16.4 Å². The van der Waals surface area contributed by atoms with Crippen molar-refractivity contribution >= 4 is 46.9 Å². The van der Waals surface area contributed by atoms with Gasteiger partial charge in [0, 0.05) is 21.8 Å². The minimum Gasteiger partial charge on any atom is -0.325 e. The third kappa shape index (κ3) is 8.18. The molecule has 0 aromatic heterocycles. The van der Waals surface area contributed by atoms with Gasteiger partial charge in [-0.2, -0.15) is 0 Å². The van der Waals surface area contributed by atoms with Crippen LogP contribution in [0.1, 0.15) is 27.0 Å². The number of carbonyl (C=O) groups is 3. The minimum absolute atomic E-state index is 0.112. The zero-order valence-corrected chi connectivity index (χ0v) is 22.5. The van der Waals surface area contributed by atoms with Gasteiger partial charge < -0.3 is 16.0 Å². The van der Waals surface area contributed by atoms with Crippen LogP contribution in [0, 0.1) is 13.8 Å². The van der Waals surface area contributed by atoms with Gasteiger partial charge in [0.15, 0.2) is 0 Å². The van der Waals surface area contributed by atoms with E-state index in [0.717, 1.165) is 21.7 Å². The molecule has 6 nitrogen and oxygen atoms in total. The highest BCUT2D eigenvalue weighted by Gasteiger charge is 2.15. The van der Waals surface area contributed by atoms with Gasteiger partial charge in [-0.1, -0.05) is 60.7 Å². The summed E-state index contributed by atoms with van der Waals surface area (Å²) in [6.07, 6.45) is 1.63. The molecule has 0 atom stereocenters. The number of rotatable bonds is 9. The van der Waals surface area contributed by atoms with E-state index < -0.39 is 5.91 Å². The first kappa shape index (κ1) is 27.4. The molecule has 0 bridgehead atoms. The highest BCUT2D eigenvalue weighted by atomic mass is 32.2. The zero-order chi connectivity index (χ0) is 27.6. The van der Waals surface area contributed by atoms with Crippen LogP contribution in [-0.2, 0) is 9.59 Å². The Kier molecular flexibility index (Phi) is 9.32. The van der Waals surface area contributed by atoms with Crippen molar-refractivity contribution in [1.82, 2.24) is 5.32 Å². The third-order valence-electron chi connectivity index (χ3n) is 5.89. The Morgan fingerprint density at radius 2 is 1.41 bits per heavy atom. The molecule has 4 aromatic carbocycles. The van der Waals surface area contributed by atoms with Crippen LogP contribution in [0.5, 0.6) is 0 Å². The second kappa shape index (κ2) is 13.3. The molecule has 0 aliphatic carbocycles. The van der Waals surface area contributed by atoms with E-state index in [0.29, 0.717) is 11.3 Å². The molecule has 196 valence electrons. The van der Waals surface area contributed by atoms with Crippen LogP contribution in [0.25, 0.3) is 6.08 Å². The number of carbonyl (C=O) groups excluding carboxylic acids is 3. The number of amides is 3. The molecule has 3 N–H and O–H groups in total. The average molecular weight is 536 g/mol. The first-order valence-corrected chi connectivity index (χ1v) is 13.4. The second-order valence-electron chi connectivity index (χ2n) is 8.91. The summed E-state index contributed by atoms with van der Waals surface area (Å²) in [5, 5.41) is 8.52. The summed E-state index contributed by atoms with van der Waals surface area (Å²) < 4.78 is 0. The largest absolute Gasteiger partial charge is 0.325 e. The van der Waals surface area contributed by atoms with Crippen molar-refractivity contribution < 1.29 is 14.4 Å². The number of aryl methyl sites for hydroxylation is 2. The molecule has 0 radical (unpaired) electrons. The number of thioether (sulfide) groups is 1. The number of hydrogen-bond acceptors (Lipinski definition) is 4. The molecule has 3 amide bonds. The summed E-state index contributed by atoms with van der Waals surface area (Å²) in [5.74, 6) is -0.740. The zero-order valence-electron chi connectivity index (χ0n) is 21.7. The fourth-order valence-electron chi connectivity index (χ4n) is 3.69. The van der Waals surface area contributed by atoms with Crippen LogP contribution in [0.2, 0.25) is 0 Å². The summed E-state index contributed by atoms with van der Waals surface area (Å²) in [7, 11) is 0. The quantitative estimate of drug-likeness (QED) is 0.170. The Labute approximate surface area is 232 Å². The summed E-state index contributed by atoms with van der Waals surface area (Å²) in [6.45, 7) is 4.03. The van der Waals surface area contributed by atoms with E-state index in [-0.39, 0.29) is 23.3 Å². The maximum atomic E-state index is 13.3. The second-order valence-corrected chi connectivity index (χ2v) is 9.96. The van der Waals surface area contributed by atoms with Crippen LogP contribution >= 0.6 is 11.8 Å². The Bertz CT molecular complexity index is 1500. The monoisotopic (exact) mass is 535 g/mol. The van der Waals surface area contributed by atoms with Crippen molar-refractivity contribution in [3.8, 4) is 0 Å². The fraction of sp³-hybridized carbons (Fsp3) is 0.0938. The molecule has 0 saturated heterocycles. The first-order chi connectivity index (χ1) is 18.9. The Balaban J connectivity index is 1.42. The first-order valence-electron chi connectivity index (χ1n) is 12.4. The standard InChI is InChI=1S/C32H29N3O3S/c1-22-16-17-27(18-23(22)2)33-30(36)21-39-28-15-9-14-26(20-28)34-32(38)29(19-24-10-5-3-6-11-24)35-31(37)25-12-7-4-8-13-25/h3-20H,21H2,1-2H3,(H,33,36)(H,34,38)(H,35,37)/b29-19-. The van der Waals surface area contributed by atoms with Gasteiger partial charge in [-0.25, -0.2) is 0 Å². The van der Waals surface area contributed by atoms with E-state index in [2.05, 4.69) is 16.0 Å². The van der Waals surface area contributed by atoms with E-state index in [9.17, 15) is 14.4 Å². The molecule has 0 heterocycles.